The zero-order valence-corrected chi connectivity index (χ0v) is 8.67. The molecule has 0 radical (unpaired) electrons. The summed E-state index contributed by atoms with van der Waals surface area (Å²) in [5.74, 6) is 6.16. The van der Waals surface area contributed by atoms with E-state index in [1.807, 2.05) is 10.4 Å². The summed E-state index contributed by atoms with van der Waals surface area (Å²) < 4.78 is 0. The fourth-order valence-electron chi connectivity index (χ4n) is 1.69. The van der Waals surface area contributed by atoms with Gasteiger partial charge in [0.15, 0.2) is 6.29 Å². The van der Waals surface area contributed by atoms with Gasteiger partial charge in [0.1, 0.15) is 5.69 Å². The highest BCUT2D eigenvalue weighted by molar-refractivity contribution is 7.09. The number of hydrogen-bond acceptors (Lipinski definition) is 5. The van der Waals surface area contributed by atoms with Crippen molar-refractivity contribution in [1.29, 1.82) is 0 Å². The van der Waals surface area contributed by atoms with Crippen LogP contribution in [-0.4, -0.2) is 29.4 Å². The molecule has 0 bridgehead atoms. The number of nitrogens with two attached hydrogens (primary N) is 1. The summed E-state index contributed by atoms with van der Waals surface area (Å²) in [6, 6.07) is 0. The minimum atomic E-state index is 0.494. The molecule has 0 aromatic carbocycles. The van der Waals surface area contributed by atoms with E-state index >= 15 is 0 Å². The van der Waals surface area contributed by atoms with E-state index in [0.29, 0.717) is 11.6 Å². The molecule has 1 fully saturated rings. The Hall–Kier alpha value is -0.780. The molecule has 1 saturated heterocycles. The smallest absolute Gasteiger partial charge is 0.169 e. The third-order valence-electron chi connectivity index (χ3n) is 2.54. The number of rotatable bonds is 2. The lowest BCUT2D eigenvalue weighted by Crippen LogP contribution is -2.38. The number of piperidine rings is 1. The first-order chi connectivity index (χ1) is 6.79. The van der Waals surface area contributed by atoms with E-state index in [2.05, 4.69) is 4.98 Å². The first-order valence-electron chi connectivity index (χ1n) is 4.70. The Morgan fingerprint density at radius 2 is 2.29 bits per heavy atom. The Morgan fingerprint density at radius 3 is 2.86 bits per heavy atom. The van der Waals surface area contributed by atoms with Crippen molar-refractivity contribution in [2.45, 2.75) is 18.8 Å². The quantitative estimate of drug-likeness (QED) is 0.586. The zero-order valence-electron chi connectivity index (χ0n) is 7.85. The standard InChI is InChI=1S/C9H13N3OS/c10-12-3-1-7(2-4-12)9-11-8(5-13)6-14-9/h5-7H,1-4,10H2. The Morgan fingerprint density at radius 1 is 1.57 bits per heavy atom. The van der Waals surface area contributed by atoms with E-state index < -0.39 is 0 Å². The van der Waals surface area contributed by atoms with Gasteiger partial charge in [-0.05, 0) is 12.8 Å². The van der Waals surface area contributed by atoms with Crippen molar-refractivity contribution < 1.29 is 4.79 Å². The van der Waals surface area contributed by atoms with Crippen LogP contribution in [0.15, 0.2) is 5.38 Å². The number of thiazole rings is 1. The molecule has 2 heterocycles. The molecular weight excluding hydrogens is 198 g/mol. The maximum atomic E-state index is 10.5. The predicted molar refractivity (Wildman–Crippen MR) is 55.2 cm³/mol. The van der Waals surface area contributed by atoms with Gasteiger partial charge in [0, 0.05) is 24.4 Å². The van der Waals surface area contributed by atoms with Crippen LogP contribution in [0.5, 0.6) is 0 Å². The lowest BCUT2D eigenvalue weighted by molar-refractivity contribution is 0.111. The highest BCUT2D eigenvalue weighted by Gasteiger charge is 2.21. The summed E-state index contributed by atoms with van der Waals surface area (Å²) in [4.78, 5) is 14.7. The van der Waals surface area contributed by atoms with Crippen molar-refractivity contribution in [2.75, 3.05) is 13.1 Å². The number of hydrazine groups is 1. The molecule has 1 aliphatic heterocycles. The van der Waals surface area contributed by atoms with Crippen molar-refractivity contribution >= 4 is 17.6 Å². The van der Waals surface area contributed by atoms with Gasteiger partial charge in [-0.2, -0.15) is 0 Å². The third kappa shape index (κ3) is 2.00. The highest BCUT2D eigenvalue weighted by Crippen LogP contribution is 2.28. The van der Waals surface area contributed by atoms with Crippen molar-refractivity contribution in [3.63, 3.8) is 0 Å². The minimum Gasteiger partial charge on any atom is -0.296 e. The molecule has 4 nitrogen and oxygen atoms in total. The van der Waals surface area contributed by atoms with Crippen LogP contribution < -0.4 is 5.84 Å². The second-order valence-corrected chi connectivity index (χ2v) is 4.43. The van der Waals surface area contributed by atoms with Crippen LogP contribution in [0.3, 0.4) is 0 Å². The number of hydrogen-bond donors (Lipinski definition) is 1. The number of nitrogens with zero attached hydrogens (tertiary/aromatic N) is 2. The first kappa shape index (κ1) is 9.76. The summed E-state index contributed by atoms with van der Waals surface area (Å²) in [6.45, 7) is 1.83. The summed E-state index contributed by atoms with van der Waals surface area (Å²) in [5, 5.41) is 4.74. The van der Waals surface area contributed by atoms with Crippen LogP contribution in [0, 0.1) is 0 Å². The SMILES string of the molecule is NN1CCC(c2nc(C=O)cs2)CC1. The van der Waals surface area contributed by atoms with Crippen molar-refractivity contribution in [1.82, 2.24) is 9.99 Å². The second-order valence-electron chi connectivity index (χ2n) is 3.54. The summed E-state index contributed by atoms with van der Waals surface area (Å²) in [6.07, 6.45) is 2.89. The van der Waals surface area contributed by atoms with Gasteiger partial charge >= 0.3 is 0 Å². The lowest BCUT2D eigenvalue weighted by atomic mass is 9.99. The molecule has 0 amide bonds. The molecule has 76 valence electrons. The van der Waals surface area contributed by atoms with Crippen LogP contribution in [-0.2, 0) is 0 Å². The van der Waals surface area contributed by atoms with Gasteiger partial charge in [0.05, 0.1) is 5.01 Å². The van der Waals surface area contributed by atoms with E-state index in [4.69, 9.17) is 5.84 Å². The van der Waals surface area contributed by atoms with Crippen molar-refractivity contribution in [3.8, 4) is 0 Å². The molecular formula is C9H13N3OS. The molecule has 0 aliphatic carbocycles. The topological polar surface area (TPSA) is 59.2 Å². The van der Waals surface area contributed by atoms with Crippen LogP contribution >= 0.6 is 11.3 Å². The van der Waals surface area contributed by atoms with E-state index in [-0.39, 0.29) is 0 Å². The van der Waals surface area contributed by atoms with E-state index in [0.717, 1.165) is 37.2 Å². The fourth-order valence-corrected chi connectivity index (χ4v) is 2.62. The molecule has 2 rings (SSSR count). The first-order valence-corrected chi connectivity index (χ1v) is 5.58. The average Bonchev–Trinajstić information content (AvgIpc) is 2.67. The molecule has 0 spiro atoms. The monoisotopic (exact) mass is 211 g/mol. The van der Waals surface area contributed by atoms with Crippen LogP contribution in [0.25, 0.3) is 0 Å². The number of carbonyl (C=O) groups is 1. The van der Waals surface area contributed by atoms with Gasteiger partial charge in [-0.15, -0.1) is 11.3 Å². The van der Waals surface area contributed by atoms with Crippen LogP contribution in [0.2, 0.25) is 0 Å². The van der Waals surface area contributed by atoms with Crippen molar-refractivity contribution in [2.24, 2.45) is 5.84 Å². The van der Waals surface area contributed by atoms with Gasteiger partial charge in [0.2, 0.25) is 0 Å². The van der Waals surface area contributed by atoms with Gasteiger partial charge in [-0.25, -0.2) is 9.99 Å². The third-order valence-corrected chi connectivity index (χ3v) is 3.56. The normalized spacial score (nSPS) is 19.8. The van der Waals surface area contributed by atoms with Gasteiger partial charge < -0.3 is 0 Å². The maximum absolute atomic E-state index is 10.5. The molecule has 0 unspecified atom stereocenters. The Bertz CT molecular complexity index is 318. The number of carbonyl (C=O) groups excluding carboxylic acids is 1. The highest BCUT2D eigenvalue weighted by atomic mass is 32.1. The lowest BCUT2D eigenvalue weighted by Gasteiger charge is -2.26. The van der Waals surface area contributed by atoms with Gasteiger partial charge in [0.25, 0.3) is 0 Å². The summed E-state index contributed by atoms with van der Waals surface area (Å²) in [7, 11) is 0. The summed E-state index contributed by atoms with van der Waals surface area (Å²) >= 11 is 1.58. The zero-order chi connectivity index (χ0) is 9.97. The van der Waals surface area contributed by atoms with E-state index in [1.165, 1.54) is 0 Å². The molecule has 2 N–H and O–H groups in total. The molecule has 0 atom stereocenters. The average molecular weight is 211 g/mol. The predicted octanol–water partition coefficient (Wildman–Crippen LogP) is 1.01. The molecule has 5 heteroatoms. The molecule has 0 saturated carbocycles. The molecule has 1 aromatic rings. The number of aldehydes is 1. The Kier molecular flexibility index (Phi) is 2.90. The van der Waals surface area contributed by atoms with Gasteiger partial charge in [-0.3, -0.25) is 10.6 Å². The second kappa shape index (κ2) is 4.16. The molecule has 14 heavy (non-hydrogen) atoms. The van der Waals surface area contributed by atoms with Gasteiger partial charge in [-0.1, -0.05) is 0 Å². The van der Waals surface area contributed by atoms with Crippen LogP contribution in [0.4, 0.5) is 0 Å². The Labute approximate surface area is 86.7 Å². The number of aromatic nitrogens is 1. The molecule has 1 aliphatic rings. The Balaban J connectivity index is 2.04. The fraction of sp³-hybridized carbons (Fsp3) is 0.556. The minimum absolute atomic E-state index is 0.494. The largest absolute Gasteiger partial charge is 0.296 e. The molecule has 1 aromatic heterocycles. The van der Waals surface area contributed by atoms with Crippen molar-refractivity contribution in [3.05, 3.63) is 16.1 Å². The van der Waals surface area contributed by atoms with E-state index in [1.54, 1.807) is 11.3 Å². The summed E-state index contributed by atoms with van der Waals surface area (Å²) in [5.41, 5.74) is 0.556. The maximum Gasteiger partial charge on any atom is 0.169 e. The van der Waals surface area contributed by atoms with Crippen LogP contribution in [0.1, 0.15) is 34.3 Å². The van der Waals surface area contributed by atoms with E-state index in [9.17, 15) is 4.79 Å².